The van der Waals surface area contributed by atoms with Gasteiger partial charge in [-0.15, -0.1) is 0 Å². The standard InChI is InChI=1S/C9H9FO2/c1-11-8-3-2-6(4-7(8)10)9-5-12-9/h2-4,9H,5H2,1H3/t9-/m1/s1. The molecule has 1 aromatic carbocycles. The van der Waals surface area contributed by atoms with Crippen LogP contribution in [-0.4, -0.2) is 13.7 Å². The van der Waals surface area contributed by atoms with E-state index in [4.69, 9.17) is 9.47 Å². The smallest absolute Gasteiger partial charge is 0.165 e. The van der Waals surface area contributed by atoms with Gasteiger partial charge in [0, 0.05) is 0 Å². The first-order chi connectivity index (χ1) is 5.81. The van der Waals surface area contributed by atoms with Gasteiger partial charge < -0.3 is 9.47 Å². The summed E-state index contributed by atoms with van der Waals surface area (Å²) in [5.41, 5.74) is 0.883. The Morgan fingerprint density at radius 1 is 1.58 bits per heavy atom. The third-order valence-corrected chi connectivity index (χ3v) is 1.88. The van der Waals surface area contributed by atoms with E-state index in [0.29, 0.717) is 6.61 Å². The number of methoxy groups -OCH3 is 1. The molecule has 1 aliphatic rings. The van der Waals surface area contributed by atoms with Crippen molar-refractivity contribution in [1.82, 2.24) is 0 Å². The van der Waals surface area contributed by atoms with E-state index in [9.17, 15) is 4.39 Å². The van der Waals surface area contributed by atoms with Crippen LogP contribution in [0.3, 0.4) is 0 Å². The molecule has 0 aromatic heterocycles. The Morgan fingerprint density at radius 3 is 2.83 bits per heavy atom. The van der Waals surface area contributed by atoms with E-state index < -0.39 is 0 Å². The summed E-state index contributed by atoms with van der Waals surface area (Å²) in [7, 11) is 1.45. The van der Waals surface area contributed by atoms with Gasteiger partial charge in [0.05, 0.1) is 13.7 Å². The third-order valence-electron chi connectivity index (χ3n) is 1.88. The van der Waals surface area contributed by atoms with Crippen molar-refractivity contribution < 1.29 is 13.9 Å². The van der Waals surface area contributed by atoms with Gasteiger partial charge in [0.1, 0.15) is 6.10 Å². The molecule has 0 amide bonds. The highest BCUT2D eigenvalue weighted by atomic mass is 19.1. The second kappa shape index (κ2) is 2.75. The SMILES string of the molecule is COc1ccc([C@H]2CO2)cc1F. The molecule has 0 unspecified atom stereocenters. The van der Waals surface area contributed by atoms with Crippen molar-refractivity contribution >= 4 is 0 Å². The third kappa shape index (κ3) is 1.28. The van der Waals surface area contributed by atoms with Crippen molar-refractivity contribution in [2.45, 2.75) is 6.10 Å². The number of epoxide rings is 1. The molecular weight excluding hydrogens is 159 g/mol. The Labute approximate surface area is 69.9 Å². The lowest BCUT2D eigenvalue weighted by Gasteiger charge is -2.02. The van der Waals surface area contributed by atoms with Crippen LogP contribution in [0.2, 0.25) is 0 Å². The summed E-state index contributed by atoms with van der Waals surface area (Å²) in [5.74, 6) is -0.0510. The van der Waals surface area contributed by atoms with Crippen LogP contribution in [0.5, 0.6) is 5.75 Å². The van der Waals surface area contributed by atoms with E-state index in [0.717, 1.165) is 5.56 Å². The molecule has 3 heteroatoms. The normalized spacial score (nSPS) is 20.7. The van der Waals surface area contributed by atoms with Crippen LogP contribution in [-0.2, 0) is 4.74 Å². The van der Waals surface area contributed by atoms with Crippen LogP contribution >= 0.6 is 0 Å². The van der Waals surface area contributed by atoms with Gasteiger partial charge in [-0.25, -0.2) is 4.39 Å². The molecule has 0 bridgehead atoms. The number of ether oxygens (including phenoxy) is 2. The highest BCUT2D eigenvalue weighted by Gasteiger charge is 2.25. The average Bonchev–Trinajstić information content (AvgIpc) is 2.86. The molecule has 2 rings (SSSR count). The minimum absolute atomic E-state index is 0.102. The lowest BCUT2D eigenvalue weighted by Crippen LogP contribution is -1.89. The molecule has 1 aliphatic heterocycles. The topological polar surface area (TPSA) is 21.8 Å². The maximum atomic E-state index is 13.1. The molecule has 1 fully saturated rings. The Hall–Kier alpha value is -1.09. The van der Waals surface area contributed by atoms with Crippen molar-refractivity contribution in [3.05, 3.63) is 29.6 Å². The number of hydrogen-bond acceptors (Lipinski definition) is 2. The maximum Gasteiger partial charge on any atom is 0.165 e. The average molecular weight is 168 g/mol. The number of halogens is 1. The van der Waals surface area contributed by atoms with Gasteiger partial charge >= 0.3 is 0 Å². The fourth-order valence-electron chi connectivity index (χ4n) is 1.12. The molecule has 12 heavy (non-hydrogen) atoms. The highest BCUT2D eigenvalue weighted by molar-refractivity contribution is 5.31. The van der Waals surface area contributed by atoms with Crippen molar-refractivity contribution in [1.29, 1.82) is 0 Å². The number of benzene rings is 1. The molecule has 1 atom stereocenters. The first-order valence-corrected chi connectivity index (χ1v) is 3.76. The van der Waals surface area contributed by atoms with Gasteiger partial charge in [0.2, 0.25) is 0 Å². The lowest BCUT2D eigenvalue weighted by atomic mass is 10.1. The van der Waals surface area contributed by atoms with Crippen molar-refractivity contribution in [2.75, 3.05) is 13.7 Å². The van der Waals surface area contributed by atoms with E-state index in [1.165, 1.54) is 13.2 Å². The Balaban J connectivity index is 2.30. The fourth-order valence-corrected chi connectivity index (χ4v) is 1.12. The van der Waals surface area contributed by atoms with Crippen molar-refractivity contribution in [3.8, 4) is 5.75 Å². The minimum Gasteiger partial charge on any atom is -0.494 e. The molecule has 1 saturated heterocycles. The molecule has 1 aromatic rings. The van der Waals surface area contributed by atoms with E-state index in [1.807, 2.05) is 6.07 Å². The maximum absolute atomic E-state index is 13.1. The lowest BCUT2D eigenvalue weighted by molar-refractivity contribution is 0.383. The Kier molecular flexibility index (Phi) is 1.73. The van der Waals surface area contributed by atoms with E-state index in [1.54, 1.807) is 6.07 Å². The first-order valence-electron chi connectivity index (χ1n) is 3.76. The van der Waals surface area contributed by atoms with Gasteiger partial charge in [-0.1, -0.05) is 6.07 Å². The molecule has 0 radical (unpaired) electrons. The van der Waals surface area contributed by atoms with Gasteiger partial charge in [0.25, 0.3) is 0 Å². The molecule has 0 N–H and O–H groups in total. The zero-order valence-corrected chi connectivity index (χ0v) is 6.71. The number of rotatable bonds is 2. The summed E-state index contributed by atoms with van der Waals surface area (Å²) >= 11 is 0. The van der Waals surface area contributed by atoms with Gasteiger partial charge in [-0.2, -0.15) is 0 Å². The van der Waals surface area contributed by atoms with E-state index in [-0.39, 0.29) is 17.7 Å². The second-order valence-corrected chi connectivity index (χ2v) is 2.72. The van der Waals surface area contributed by atoms with Crippen LogP contribution in [0, 0.1) is 5.82 Å². The highest BCUT2D eigenvalue weighted by Crippen LogP contribution is 2.31. The summed E-state index contributed by atoms with van der Waals surface area (Å²) in [6.45, 7) is 0.700. The van der Waals surface area contributed by atoms with Crippen LogP contribution < -0.4 is 4.74 Å². The van der Waals surface area contributed by atoms with Crippen LogP contribution in [0.4, 0.5) is 4.39 Å². The minimum atomic E-state index is -0.328. The summed E-state index contributed by atoms with van der Waals surface area (Å²) in [6, 6.07) is 4.89. The predicted octanol–water partition coefficient (Wildman–Crippen LogP) is 1.91. The second-order valence-electron chi connectivity index (χ2n) is 2.72. The Bertz CT molecular complexity index is 295. The summed E-state index contributed by atoms with van der Waals surface area (Å²) in [4.78, 5) is 0. The molecule has 0 spiro atoms. The van der Waals surface area contributed by atoms with Gasteiger partial charge in [-0.05, 0) is 17.7 Å². The summed E-state index contributed by atoms with van der Waals surface area (Å²) in [6.07, 6.45) is 0.102. The van der Waals surface area contributed by atoms with Crippen molar-refractivity contribution in [2.24, 2.45) is 0 Å². The van der Waals surface area contributed by atoms with E-state index in [2.05, 4.69) is 0 Å². The zero-order chi connectivity index (χ0) is 8.55. The fraction of sp³-hybridized carbons (Fsp3) is 0.333. The van der Waals surface area contributed by atoms with Crippen molar-refractivity contribution in [3.63, 3.8) is 0 Å². The molecule has 2 nitrogen and oxygen atoms in total. The first kappa shape index (κ1) is 7.55. The van der Waals surface area contributed by atoms with Crippen LogP contribution in [0.25, 0.3) is 0 Å². The zero-order valence-electron chi connectivity index (χ0n) is 6.71. The molecule has 64 valence electrons. The largest absolute Gasteiger partial charge is 0.494 e. The number of hydrogen-bond donors (Lipinski definition) is 0. The van der Waals surface area contributed by atoms with Gasteiger partial charge in [-0.3, -0.25) is 0 Å². The monoisotopic (exact) mass is 168 g/mol. The van der Waals surface area contributed by atoms with E-state index >= 15 is 0 Å². The quantitative estimate of drug-likeness (QED) is 0.629. The molecular formula is C9H9FO2. The molecule has 0 aliphatic carbocycles. The molecule has 0 saturated carbocycles. The summed E-state index contributed by atoms with van der Waals surface area (Å²) < 4.78 is 22.9. The Morgan fingerprint density at radius 2 is 2.33 bits per heavy atom. The molecule has 1 heterocycles. The van der Waals surface area contributed by atoms with Crippen LogP contribution in [0.15, 0.2) is 18.2 Å². The summed E-state index contributed by atoms with van der Waals surface area (Å²) in [5, 5.41) is 0. The van der Waals surface area contributed by atoms with Crippen LogP contribution in [0.1, 0.15) is 11.7 Å². The predicted molar refractivity (Wildman–Crippen MR) is 41.6 cm³/mol. The van der Waals surface area contributed by atoms with Gasteiger partial charge in [0.15, 0.2) is 11.6 Å².